The SMILES string of the molecule is C[C@@H](Cn1ccc(C(=O)N2CCC(c3ncc(C(F)(F)F)cn3)CC2)c1)Nc1cn[nH]c(=O)c1C(F)(F)F. The van der Waals surface area contributed by atoms with Gasteiger partial charge in [0.2, 0.25) is 0 Å². The van der Waals surface area contributed by atoms with Gasteiger partial charge in [0.05, 0.1) is 23.0 Å². The van der Waals surface area contributed by atoms with Gasteiger partial charge in [0.25, 0.3) is 11.5 Å². The van der Waals surface area contributed by atoms with Gasteiger partial charge in [-0.2, -0.15) is 31.4 Å². The van der Waals surface area contributed by atoms with E-state index in [9.17, 15) is 35.9 Å². The molecule has 3 aromatic heterocycles. The van der Waals surface area contributed by atoms with Crippen molar-refractivity contribution < 1.29 is 31.1 Å². The molecule has 0 saturated carbocycles. The summed E-state index contributed by atoms with van der Waals surface area (Å²) in [4.78, 5) is 33.9. The van der Waals surface area contributed by atoms with Gasteiger partial charge < -0.3 is 14.8 Å². The van der Waals surface area contributed by atoms with Crippen LogP contribution in [-0.2, 0) is 18.9 Å². The van der Waals surface area contributed by atoms with Crippen LogP contribution in [0, 0.1) is 0 Å². The number of piperidine rings is 1. The third kappa shape index (κ3) is 6.14. The fourth-order valence-electron chi connectivity index (χ4n) is 4.32. The number of alkyl halides is 6. The second-order valence-corrected chi connectivity index (χ2v) is 9.02. The van der Waals surface area contributed by atoms with Gasteiger partial charge in [-0.1, -0.05) is 0 Å². The highest BCUT2D eigenvalue weighted by Crippen LogP contribution is 2.32. The lowest BCUT2D eigenvalue weighted by atomic mass is 9.95. The summed E-state index contributed by atoms with van der Waals surface area (Å²) in [6.45, 7) is 2.56. The zero-order valence-electron chi connectivity index (χ0n) is 20.0. The smallest absolute Gasteiger partial charge is 0.379 e. The molecule has 1 saturated heterocycles. The Bertz CT molecular complexity index is 1330. The third-order valence-corrected chi connectivity index (χ3v) is 6.17. The van der Waals surface area contributed by atoms with E-state index >= 15 is 0 Å². The first kappa shape index (κ1) is 27.1. The lowest BCUT2D eigenvalue weighted by Crippen LogP contribution is -2.38. The van der Waals surface area contributed by atoms with Crippen molar-refractivity contribution in [3.8, 4) is 0 Å². The highest BCUT2D eigenvalue weighted by atomic mass is 19.4. The molecule has 0 radical (unpaired) electrons. The topological polar surface area (TPSA) is 109 Å². The number of nitrogens with one attached hydrogen (secondary N) is 2. The summed E-state index contributed by atoms with van der Waals surface area (Å²) >= 11 is 0. The van der Waals surface area contributed by atoms with E-state index in [1.807, 2.05) is 0 Å². The fourth-order valence-corrected chi connectivity index (χ4v) is 4.32. The molecule has 3 aromatic rings. The van der Waals surface area contributed by atoms with Crippen molar-refractivity contribution in [3.63, 3.8) is 0 Å². The predicted molar refractivity (Wildman–Crippen MR) is 122 cm³/mol. The van der Waals surface area contributed by atoms with Gasteiger partial charge in [0.15, 0.2) is 0 Å². The summed E-state index contributed by atoms with van der Waals surface area (Å²) < 4.78 is 79.6. The summed E-state index contributed by atoms with van der Waals surface area (Å²) in [5.41, 5.74) is -3.70. The predicted octanol–water partition coefficient (Wildman–Crippen LogP) is 3.92. The minimum atomic E-state index is -4.86. The lowest BCUT2D eigenvalue weighted by molar-refractivity contribution is -0.139. The summed E-state index contributed by atoms with van der Waals surface area (Å²) in [5, 5.41) is 7.85. The Balaban J connectivity index is 1.33. The number of hydrogen-bond acceptors (Lipinski definition) is 6. The molecule has 9 nitrogen and oxygen atoms in total. The van der Waals surface area contributed by atoms with Crippen LogP contribution in [0.15, 0.2) is 41.8 Å². The number of amides is 1. The standard InChI is InChI=1S/C23H23F6N7O2/c1-13(33-17-10-32-34-20(37)18(17)23(27,28)29)11-35-5-2-15(12-35)21(38)36-6-3-14(4-7-36)19-30-8-16(9-31-19)22(24,25)26/h2,5,8-10,12-14H,3-4,6-7,11H2,1H3,(H2,33,34,37)/t13-/m0/s1. The molecule has 1 amide bonds. The molecule has 1 aliphatic heterocycles. The molecule has 1 aliphatic rings. The molecule has 2 N–H and O–H groups in total. The number of likely N-dealkylation sites (tertiary alicyclic amines) is 1. The second kappa shape index (κ2) is 10.5. The summed E-state index contributed by atoms with van der Waals surface area (Å²) in [6, 6.07) is 1.05. The van der Waals surface area contributed by atoms with E-state index in [1.54, 1.807) is 39.9 Å². The van der Waals surface area contributed by atoms with Crippen molar-refractivity contribution in [1.82, 2.24) is 29.6 Å². The lowest BCUT2D eigenvalue weighted by Gasteiger charge is -2.31. The first-order chi connectivity index (χ1) is 17.8. The van der Waals surface area contributed by atoms with Gasteiger partial charge in [0.1, 0.15) is 11.4 Å². The van der Waals surface area contributed by atoms with Crippen LogP contribution in [0.2, 0.25) is 0 Å². The van der Waals surface area contributed by atoms with Crippen molar-refractivity contribution in [1.29, 1.82) is 0 Å². The van der Waals surface area contributed by atoms with Crippen LogP contribution >= 0.6 is 0 Å². The number of aromatic nitrogens is 5. The zero-order valence-corrected chi connectivity index (χ0v) is 20.0. The summed E-state index contributed by atoms with van der Waals surface area (Å²) in [5.74, 6) is -0.101. The Kier molecular flexibility index (Phi) is 7.47. The molecule has 1 atom stereocenters. The number of H-pyrrole nitrogens is 1. The molecule has 0 aromatic carbocycles. The molecule has 0 bridgehead atoms. The van der Waals surface area contributed by atoms with Gasteiger partial charge >= 0.3 is 12.4 Å². The molecule has 204 valence electrons. The monoisotopic (exact) mass is 543 g/mol. The maximum Gasteiger partial charge on any atom is 0.423 e. The Labute approximate surface area is 211 Å². The highest BCUT2D eigenvalue weighted by molar-refractivity contribution is 5.94. The number of carbonyl (C=O) groups is 1. The summed E-state index contributed by atoms with van der Waals surface area (Å²) in [7, 11) is 0. The van der Waals surface area contributed by atoms with Crippen molar-refractivity contribution in [2.45, 2.75) is 50.6 Å². The van der Waals surface area contributed by atoms with Crippen LogP contribution < -0.4 is 10.9 Å². The molecule has 4 rings (SSSR count). The number of carbonyl (C=O) groups excluding carboxylic acids is 1. The van der Waals surface area contributed by atoms with E-state index in [0.717, 1.165) is 18.6 Å². The molecule has 0 aliphatic carbocycles. The van der Waals surface area contributed by atoms with Gasteiger partial charge in [0, 0.05) is 56.4 Å². The molecular formula is C23H23F6N7O2. The molecule has 1 fully saturated rings. The third-order valence-electron chi connectivity index (χ3n) is 6.17. The number of nitrogens with zero attached hydrogens (tertiary/aromatic N) is 5. The summed E-state index contributed by atoms with van der Waals surface area (Å²) in [6.07, 6.45) is -2.79. The fraction of sp³-hybridized carbons (Fsp3) is 0.435. The average molecular weight is 543 g/mol. The number of aromatic amines is 1. The van der Waals surface area contributed by atoms with Crippen LogP contribution in [0.3, 0.4) is 0 Å². The molecule has 0 spiro atoms. The highest BCUT2D eigenvalue weighted by Gasteiger charge is 2.37. The quantitative estimate of drug-likeness (QED) is 0.457. The zero-order chi connectivity index (χ0) is 27.7. The van der Waals surface area contributed by atoms with E-state index in [2.05, 4.69) is 20.4 Å². The van der Waals surface area contributed by atoms with E-state index in [0.29, 0.717) is 37.3 Å². The van der Waals surface area contributed by atoms with Crippen molar-refractivity contribution in [2.75, 3.05) is 18.4 Å². The number of rotatable bonds is 6. The van der Waals surface area contributed by atoms with Gasteiger partial charge in [-0.25, -0.2) is 15.1 Å². The Morgan fingerprint density at radius 3 is 2.37 bits per heavy atom. The molecular weight excluding hydrogens is 520 g/mol. The van der Waals surface area contributed by atoms with Gasteiger partial charge in [-0.05, 0) is 25.8 Å². The molecule has 4 heterocycles. The minimum Gasteiger partial charge on any atom is -0.379 e. The van der Waals surface area contributed by atoms with Crippen LogP contribution in [0.25, 0.3) is 0 Å². The maximum atomic E-state index is 13.3. The Morgan fingerprint density at radius 1 is 1.11 bits per heavy atom. The van der Waals surface area contributed by atoms with Crippen LogP contribution in [0.1, 0.15) is 53.0 Å². The van der Waals surface area contributed by atoms with Crippen LogP contribution in [0.4, 0.5) is 32.0 Å². The van der Waals surface area contributed by atoms with Crippen molar-refractivity contribution in [3.05, 3.63) is 69.9 Å². The number of hydrogen-bond donors (Lipinski definition) is 2. The second-order valence-electron chi connectivity index (χ2n) is 9.02. The Hall–Kier alpha value is -3.91. The molecule has 0 unspecified atom stereocenters. The van der Waals surface area contributed by atoms with E-state index in [4.69, 9.17) is 0 Å². The van der Waals surface area contributed by atoms with Crippen molar-refractivity contribution in [2.24, 2.45) is 0 Å². The van der Waals surface area contributed by atoms with Crippen LogP contribution in [-0.4, -0.2) is 54.7 Å². The van der Waals surface area contributed by atoms with E-state index in [1.165, 1.54) is 0 Å². The first-order valence-electron chi connectivity index (χ1n) is 11.6. The largest absolute Gasteiger partial charge is 0.423 e. The minimum absolute atomic E-state index is 0.167. The first-order valence-corrected chi connectivity index (χ1v) is 11.6. The number of anilines is 1. The normalized spacial score (nSPS) is 15.9. The average Bonchev–Trinajstić information content (AvgIpc) is 3.30. The molecule has 15 heteroatoms. The van der Waals surface area contributed by atoms with E-state index in [-0.39, 0.29) is 18.4 Å². The van der Waals surface area contributed by atoms with E-state index < -0.39 is 40.8 Å². The van der Waals surface area contributed by atoms with Crippen molar-refractivity contribution >= 4 is 11.6 Å². The van der Waals surface area contributed by atoms with Gasteiger partial charge in [-0.15, -0.1) is 0 Å². The Morgan fingerprint density at radius 2 is 1.76 bits per heavy atom. The number of halogens is 6. The van der Waals surface area contributed by atoms with Crippen LogP contribution in [0.5, 0.6) is 0 Å². The van der Waals surface area contributed by atoms with Gasteiger partial charge in [-0.3, -0.25) is 9.59 Å². The molecule has 38 heavy (non-hydrogen) atoms. The maximum absolute atomic E-state index is 13.3.